The molecule has 0 aliphatic rings. The summed E-state index contributed by atoms with van der Waals surface area (Å²) in [5.74, 6) is -0.0862. The van der Waals surface area contributed by atoms with E-state index < -0.39 is 20.7 Å². The average Bonchev–Trinajstić information content (AvgIpc) is 2.43. The molecule has 5 nitrogen and oxygen atoms in total. The largest absolute Gasteiger partial charge is 0.493 e. The fourth-order valence-electron chi connectivity index (χ4n) is 2.01. The number of ether oxygens (including phenoxy) is 2. The smallest absolute Gasteiger partial charge is 0.243 e. The molecule has 0 radical (unpaired) electrons. The van der Waals surface area contributed by atoms with Crippen LogP contribution >= 0.6 is 0 Å². The van der Waals surface area contributed by atoms with Crippen molar-refractivity contribution >= 4 is 10.0 Å². The number of hydrogen-bond acceptors (Lipinski definition) is 4. The van der Waals surface area contributed by atoms with E-state index in [1.54, 1.807) is 6.92 Å². The summed E-state index contributed by atoms with van der Waals surface area (Å²) < 4.78 is 51.2. The van der Waals surface area contributed by atoms with Crippen molar-refractivity contribution in [3.8, 4) is 11.5 Å². The van der Waals surface area contributed by atoms with Gasteiger partial charge >= 0.3 is 0 Å². The van der Waals surface area contributed by atoms with Crippen LogP contribution in [0.3, 0.4) is 0 Å². The Hall–Kier alpha value is -1.34. The Morgan fingerprint density at radius 2 is 1.64 bits per heavy atom. The van der Waals surface area contributed by atoms with Gasteiger partial charge in [-0.05, 0) is 25.7 Å². The lowest BCUT2D eigenvalue weighted by atomic mass is 10.1. The second-order valence-electron chi connectivity index (χ2n) is 5.63. The van der Waals surface area contributed by atoms with Gasteiger partial charge in [0.15, 0.2) is 11.5 Å². The topological polar surface area (TPSA) is 64.6 Å². The SMILES string of the molecule is COc1cc(F)c(S(=O)(=O)N[C@H](C)CCC(C)C)cc1OC. The van der Waals surface area contributed by atoms with Crippen LogP contribution in [0.5, 0.6) is 11.5 Å². The molecule has 0 saturated heterocycles. The van der Waals surface area contributed by atoms with Crippen LogP contribution in [-0.2, 0) is 10.0 Å². The van der Waals surface area contributed by atoms with E-state index in [0.717, 1.165) is 18.6 Å². The van der Waals surface area contributed by atoms with Crippen LogP contribution in [-0.4, -0.2) is 28.7 Å². The van der Waals surface area contributed by atoms with Crippen LogP contribution in [0, 0.1) is 11.7 Å². The minimum Gasteiger partial charge on any atom is -0.493 e. The maximum Gasteiger partial charge on any atom is 0.243 e. The first-order valence-electron chi connectivity index (χ1n) is 7.15. The first kappa shape index (κ1) is 18.7. The molecular weight excluding hydrogens is 309 g/mol. The Labute approximate surface area is 131 Å². The van der Waals surface area contributed by atoms with Crippen molar-refractivity contribution in [2.75, 3.05) is 14.2 Å². The van der Waals surface area contributed by atoms with Gasteiger partial charge in [0.1, 0.15) is 10.7 Å². The van der Waals surface area contributed by atoms with Gasteiger partial charge in [-0.25, -0.2) is 17.5 Å². The van der Waals surface area contributed by atoms with Gasteiger partial charge in [-0.1, -0.05) is 13.8 Å². The third-order valence-electron chi connectivity index (χ3n) is 3.26. The van der Waals surface area contributed by atoms with E-state index in [2.05, 4.69) is 18.6 Å². The third-order valence-corrected chi connectivity index (χ3v) is 4.87. The second kappa shape index (κ2) is 7.78. The van der Waals surface area contributed by atoms with E-state index in [9.17, 15) is 12.8 Å². The summed E-state index contributed by atoms with van der Waals surface area (Å²) in [4.78, 5) is -0.443. The van der Waals surface area contributed by atoms with Crippen molar-refractivity contribution in [3.05, 3.63) is 17.9 Å². The number of halogens is 1. The van der Waals surface area contributed by atoms with Crippen molar-refractivity contribution in [1.29, 1.82) is 0 Å². The second-order valence-corrected chi connectivity index (χ2v) is 7.31. The number of methoxy groups -OCH3 is 2. The normalized spacial score (nSPS) is 13.2. The van der Waals surface area contributed by atoms with Gasteiger partial charge in [-0.3, -0.25) is 0 Å². The Bertz CT molecular complexity index is 602. The zero-order valence-corrected chi connectivity index (χ0v) is 14.5. The summed E-state index contributed by atoms with van der Waals surface area (Å²) in [5.41, 5.74) is 0. The van der Waals surface area contributed by atoms with E-state index in [1.807, 2.05) is 0 Å². The lowest BCUT2D eigenvalue weighted by Gasteiger charge is -2.17. The molecule has 7 heteroatoms. The predicted octanol–water partition coefficient (Wildman–Crippen LogP) is 2.95. The molecule has 1 N–H and O–H groups in total. The Balaban J connectivity index is 3.02. The molecule has 0 heterocycles. The van der Waals surface area contributed by atoms with Crippen molar-refractivity contribution in [2.24, 2.45) is 5.92 Å². The van der Waals surface area contributed by atoms with Crippen molar-refractivity contribution in [3.63, 3.8) is 0 Å². The van der Waals surface area contributed by atoms with Gasteiger partial charge in [0, 0.05) is 18.2 Å². The summed E-state index contributed by atoms with van der Waals surface area (Å²) in [6.07, 6.45) is 1.57. The van der Waals surface area contributed by atoms with Crippen LogP contribution in [0.15, 0.2) is 17.0 Å². The Kier molecular flexibility index (Phi) is 6.62. The molecule has 22 heavy (non-hydrogen) atoms. The molecule has 0 aliphatic heterocycles. The lowest BCUT2D eigenvalue weighted by Crippen LogP contribution is -2.33. The molecular formula is C15H24FNO4S. The maximum absolute atomic E-state index is 14.1. The van der Waals surface area contributed by atoms with Gasteiger partial charge in [0.05, 0.1) is 14.2 Å². The standard InChI is InChI=1S/C15H24FNO4S/c1-10(2)6-7-11(3)17-22(18,19)15-9-14(21-5)13(20-4)8-12(15)16/h8-11,17H,6-7H2,1-5H3/t11-/m1/s1. The molecule has 1 aromatic rings. The minimum atomic E-state index is -3.96. The Morgan fingerprint density at radius 3 is 2.14 bits per heavy atom. The molecule has 1 atom stereocenters. The Morgan fingerprint density at radius 1 is 1.09 bits per heavy atom. The summed E-state index contributed by atoms with van der Waals surface area (Å²) >= 11 is 0. The number of benzene rings is 1. The number of hydrogen-bond donors (Lipinski definition) is 1. The van der Waals surface area contributed by atoms with Gasteiger partial charge in [-0.2, -0.15) is 0 Å². The van der Waals surface area contributed by atoms with Crippen LogP contribution in [0.4, 0.5) is 4.39 Å². The highest BCUT2D eigenvalue weighted by Crippen LogP contribution is 2.31. The molecule has 0 unspecified atom stereocenters. The minimum absolute atomic E-state index is 0.145. The number of nitrogens with one attached hydrogen (secondary N) is 1. The number of rotatable bonds is 8. The van der Waals surface area contributed by atoms with Gasteiger partial charge in [0.2, 0.25) is 10.0 Å². The van der Waals surface area contributed by atoms with Crippen LogP contribution in [0.1, 0.15) is 33.6 Å². The van der Waals surface area contributed by atoms with E-state index in [4.69, 9.17) is 9.47 Å². The zero-order valence-electron chi connectivity index (χ0n) is 13.6. The molecule has 0 aromatic heterocycles. The van der Waals surface area contributed by atoms with E-state index in [0.29, 0.717) is 12.3 Å². The van der Waals surface area contributed by atoms with Crippen LogP contribution in [0.2, 0.25) is 0 Å². The van der Waals surface area contributed by atoms with Gasteiger partial charge in [-0.15, -0.1) is 0 Å². The van der Waals surface area contributed by atoms with Crippen molar-refractivity contribution < 1.29 is 22.3 Å². The molecule has 0 spiro atoms. The highest BCUT2D eigenvalue weighted by Gasteiger charge is 2.24. The van der Waals surface area contributed by atoms with Crippen molar-refractivity contribution in [2.45, 2.75) is 44.6 Å². The molecule has 0 bridgehead atoms. The summed E-state index contributed by atoms with van der Waals surface area (Å²) in [7, 11) is -1.23. The molecule has 1 rings (SSSR count). The quantitative estimate of drug-likeness (QED) is 0.794. The first-order valence-corrected chi connectivity index (χ1v) is 8.63. The molecule has 0 saturated carbocycles. The van der Waals surface area contributed by atoms with Crippen molar-refractivity contribution in [1.82, 2.24) is 4.72 Å². The van der Waals surface area contributed by atoms with Gasteiger partial charge < -0.3 is 9.47 Å². The summed E-state index contributed by atoms with van der Waals surface area (Å²) in [5, 5.41) is 0. The number of sulfonamides is 1. The highest BCUT2D eigenvalue weighted by molar-refractivity contribution is 7.89. The fourth-order valence-corrected chi connectivity index (χ4v) is 3.36. The predicted molar refractivity (Wildman–Crippen MR) is 83.4 cm³/mol. The first-order chi connectivity index (χ1) is 10.2. The average molecular weight is 333 g/mol. The zero-order chi connectivity index (χ0) is 16.9. The molecule has 0 amide bonds. The molecule has 0 fully saturated rings. The van der Waals surface area contributed by atoms with E-state index in [-0.39, 0.29) is 17.5 Å². The van der Waals surface area contributed by atoms with Crippen LogP contribution in [0.25, 0.3) is 0 Å². The molecule has 1 aromatic carbocycles. The summed E-state index contributed by atoms with van der Waals surface area (Å²) in [6.45, 7) is 5.89. The van der Waals surface area contributed by atoms with E-state index >= 15 is 0 Å². The lowest BCUT2D eigenvalue weighted by molar-refractivity contribution is 0.350. The molecule has 0 aliphatic carbocycles. The fraction of sp³-hybridized carbons (Fsp3) is 0.600. The highest BCUT2D eigenvalue weighted by atomic mass is 32.2. The third kappa shape index (κ3) is 4.84. The van der Waals surface area contributed by atoms with Crippen LogP contribution < -0.4 is 14.2 Å². The summed E-state index contributed by atoms with van der Waals surface area (Å²) in [6, 6.07) is 1.86. The maximum atomic E-state index is 14.1. The van der Waals surface area contributed by atoms with E-state index in [1.165, 1.54) is 14.2 Å². The molecule has 126 valence electrons. The van der Waals surface area contributed by atoms with Gasteiger partial charge in [0.25, 0.3) is 0 Å². The monoisotopic (exact) mass is 333 g/mol.